The lowest BCUT2D eigenvalue weighted by atomic mass is 9.90. The Balaban J connectivity index is 1.35. The molecule has 1 unspecified atom stereocenters. The molecule has 2 aromatic carbocycles. The van der Waals surface area contributed by atoms with Gasteiger partial charge in [0.1, 0.15) is 5.75 Å². The van der Waals surface area contributed by atoms with E-state index in [4.69, 9.17) is 14.1 Å². The summed E-state index contributed by atoms with van der Waals surface area (Å²) in [4.78, 5) is 35.7. The van der Waals surface area contributed by atoms with Crippen LogP contribution in [0.1, 0.15) is 43.6 Å². The van der Waals surface area contributed by atoms with E-state index >= 15 is 0 Å². The molecule has 1 aliphatic carbocycles. The summed E-state index contributed by atoms with van der Waals surface area (Å²) in [5.74, 6) is 2.01. The van der Waals surface area contributed by atoms with Gasteiger partial charge >= 0.3 is 0 Å². The number of oxazole rings is 1. The van der Waals surface area contributed by atoms with E-state index in [0.717, 1.165) is 29.6 Å². The molecule has 2 aliphatic heterocycles. The van der Waals surface area contributed by atoms with Crippen LogP contribution in [0, 0.1) is 5.92 Å². The third kappa shape index (κ3) is 4.55. The second kappa shape index (κ2) is 9.69. The second-order valence-electron chi connectivity index (χ2n) is 9.76. The summed E-state index contributed by atoms with van der Waals surface area (Å²) in [6, 6.07) is 12.7. The zero-order valence-electron chi connectivity index (χ0n) is 20.6. The average Bonchev–Trinajstić information content (AvgIpc) is 3.67. The van der Waals surface area contributed by atoms with Gasteiger partial charge < -0.3 is 19.4 Å². The van der Waals surface area contributed by atoms with E-state index in [9.17, 15) is 9.59 Å². The first-order chi connectivity index (χ1) is 18.1. The van der Waals surface area contributed by atoms with Crippen LogP contribution in [0.4, 0.5) is 0 Å². The van der Waals surface area contributed by atoms with Crippen LogP contribution in [0.3, 0.4) is 0 Å². The Morgan fingerprint density at radius 1 is 1.16 bits per heavy atom. The predicted molar refractivity (Wildman–Crippen MR) is 140 cm³/mol. The van der Waals surface area contributed by atoms with Crippen LogP contribution in [0.25, 0.3) is 16.7 Å². The summed E-state index contributed by atoms with van der Waals surface area (Å²) in [6.45, 7) is 0.210. The molecule has 37 heavy (non-hydrogen) atoms. The highest BCUT2D eigenvalue weighted by Gasteiger charge is 2.35. The lowest BCUT2D eigenvalue weighted by molar-refractivity contribution is -0.128. The molecule has 1 saturated carbocycles. The molecule has 1 fully saturated rings. The fourth-order valence-electron chi connectivity index (χ4n) is 5.30. The van der Waals surface area contributed by atoms with Gasteiger partial charge in [0.25, 0.3) is 5.91 Å². The molecule has 8 heteroatoms. The number of fused-ring (bicyclic) bond motifs is 2. The number of hydrogen-bond donors (Lipinski definition) is 1. The highest BCUT2D eigenvalue weighted by molar-refractivity contribution is 6.05. The fraction of sp³-hybridized carbons (Fsp3) is 0.310. The van der Waals surface area contributed by atoms with Gasteiger partial charge in [0.15, 0.2) is 22.9 Å². The van der Waals surface area contributed by atoms with Crippen molar-refractivity contribution in [1.82, 2.24) is 15.2 Å². The van der Waals surface area contributed by atoms with E-state index in [-0.39, 0.29) is 18.4 Å². The van der Waals surface area contributed by atoms with Gasteiger partial charge in [-0.25, -0.2) is 4.98 Å². The third-order valence-electron chi connectivity index (χ3n) is 7.20. The first-order valence-corrected chi connectivity index (χ1v) is 12.7. The molecule has 0 spiro atoms. The Morgan fingerprint density at radius 3 is 2.78 bits per heavy atom. The molecule has 0 saturated heterocycles. The summed E-state index contributed by atoms with van der Waals surface area (Å²) in [7, 11) is 1.73. The van der Waals surface area contributed by atoms with Gasteiger partial charge in [0.05, 0.1) is 6.54 Å². The van der Waals surface area contributed by atoms with Crippen molar-refractivity contribution in [1.29, 1.82) is 0 Å². The molecule has 6 rings (SSSR count). The zero-order chi connectivity index (χ0) is 25.4. The number of carbonyl (C=O) groups excluding carboxylic acids is 2. The summed E-state index contributed by atoms with van der Waals surface area (Å²) < 4.78 is 12.4. The minimum absolute atomic E-state index is 0.0230. The molecular formula is C29H28N4O4. The first-order valence-electron chi connectivity index (χ1n) is 12.7. The van der Waals surface area contributed by atoms with Crippen molar-refractivity contribution in [3.63, 3.8) is 0 Å². The third-order valence-corrected chi connectivity index (χ3v) is 7.20. The van der Waals surface area contributed by atoms with Crippen molar-refractivity contribution in [2.45, 2.75) is 44.7 Å². The monoisotopic (exact) mass is 496 g/mol. The predicted octanol–water partition coefficient (Wildman–Crippen LogP) is 5.01. The van der Waals surface area contributed by atoms with Gasteiger partial charge in [-0.15, -0.1) is 0 Å². The number of benzene rings is 2. The van der Waals surface area contributed by atoms with Crippen molar-refractivity contribution >= 4 is 34.7 Å². The van der Waals surface area contributed by atoms with Gasteiger partial charge in [0.2, 0.25) is 11.8 Å². The molecule has 1 atom stereocenters. The standard InChI is InChI=1S/C29H28N4O4/c1-33-17-22(20-13-14-30-26(20)29(33)35)21-11-12-23-27(28(21)36-19-9-3-2-4-10-19)32-25(37-23)16-31-24(34)15-18-7-5-6-8-18/h2-4,9-14,17-18,26H,5-8,15-16H2,1H3,(H,31,34). The molecule has 3 aromatic rings. The molecule has 1 aromatic heterocycles. The van der Waals surface area contributed by atoms with Crippen molar-refractivity contribution < 1.29 is 18.7 Å². The normalized spacial score (nSPS) is 19.2. The van der Waals surface area contributed by atoms with E-state index in [0.29, 0.717) is 40.8 Å². The number of carbonyl (C=O) groups is 2. The van der Waals surface area contributed by atoms with Crippen LogP contribution < -0.4 is 10.1 Å². The molecule has 2 amide bonds. The summed E-state index contributed by atoms with van der Waals surface area (Å²) in [5.41, 5.74) is 3.55. The first kappa shape index (κ1) is 23.2. The smallest absolute Gasteiger partial charge is 0.255 e. The Labute approximate surface area is 214 Å². The Bertz CT molecular complexity index is 1450. The van der Waals surface area contributed by atoms with Crippen molar-refractivity contribution in [2.24, 2.45) is 10.9 Å². The van der Waals surface area contributed by atoms with Crippen LogP contribution in [-0.4, -0.2) is 41.0 Å². The number of aliphatic imine (C=N–C) groups is 1. The fourth-order valence-corrected chi connectivity index (χ4v) is 5.30. The Hall–Kier alpha value is -4.20. The summed E-state index contributed by atoms with van der Waals surface area (Å²) >= 11 is 0. The molecule has 8 nitrogen and oxygen atoms in total. The Kier molecular flexibility index (Phi) is 6.08. The van der Waals surface area contributed by atoms with E-state index < -0.39 is 6.04 Å². The van der Waals surface area contributed by atoms with E-state index in [1.807, 2.05) is 54.7 Å². The van der Waals surface area contributed by atoms with Gasteiger partial charge in [-0.2, -0.15) is 0 Å². The number of aromatic nitrogens is 1. The summed E-state index contributed by atoms with van der Waals surface area (Å²) in [5, 5.41) is 2.96. The number of likely N-dealkylation sites (N-methyl/N-ethyl adjacent to an activating group) is 1. The van der Waals surface area contributed by atoms with Crippen molar-refractivity contribution in [3.05, 3.63) is 71.8 Å². The maximum absolute atomic E-state index is 12.6. The van der Waals surface area contributed by atoms with Crippen LogP contribution in [0.2, 0.25) is 0 Å². The van der Waals surface area contributed by atoms with Gasteiger partial charge in [-0.3, -0.25) is 14.6 Å². The van der Waals surface area contributed by atoms with Gasteiger partial charge in [0, 0.05) is 37.0 Å². The number of ether oxygens (including phenoxy) is 1. The molecule has 3 heterocycles. The number of allylic oxidation sites excluding steroid dienone is 1. The SMILES string of the molecule is CN1C=C(c2ccc3oc(CNC(=O)CC4CCCC4)nc3c2Oc2ccccc2)C2=CC=NC2C1=O. The lowest BCUT2D eigenvalue weighted by Crippen LogP contribution is -2.36. The van der Waals surface area contributed by atoms with Crippen LogP contribution in [0.15, 0.2) is 69.7 Å². The van der Waals surface area contributed by atoms with E-state index in [1.165, 1.54) is 12.8 Å². The highest BCUT2D eigenvalue weighted by atomic mass is 16.5. The topological polar surface area (TPSA) is 97.0 Å². The maximum atomic E-state index is 12.6. The minimum Gasteiger partial charge on any atom is -0.454 e. The maximum Gasteiger partial charge on any atom is 0.255 e. The van der Waals surface area contributed by atoms with Crippen LogP contribution in [-0.2, 0) is 16.1 Å². The van der Waals surface area contributed by atoms with Gasteiger partial charge in [-0.1, -0.05) is 31.0 Å². The van der Waals surface area contributed by atoms with Crippen LogP contribution in [0.5, 0.6) is 11.5 Å². The molecule has 3 aliphatic rings. The zero-order valence-corrected chi connectivity index (χ0v) is 20.6. The van der Waals surface area contributed by atoms with Crippen molar-refractivity contribution in [2.75, 3.05) is 7.05 Å². The molecular weight excluding hydrogens is 468 g/mol. The number of amides is 2. The van der Waals surface area contributed by atoms with Crippen molar-refractivity contribution in [3.8, 4) is 11.5 Å². The quantitative estimate of drug-likeness (QED) is 0.496. The molecule has 1 N–H and O–H groups in total. The van der Waals surface area contributed by atoms with Crippen LogP contribution >= 0.6 is 0 Å². The second-order valence-corrected chi connectivity index (χ2v) is 9.76. The highest BCUT2D eigenvalue weighted by Crippen LogP contribution is 2.42. The number of rotatable bonds is 7. The molecule has 188 valence electrons. The van der Waals surface area contributed by atoms with Gasteiger partial charge in [-0.05, 0) is 54.7 Å². The average molecular weight is 497 g/mol. The number of nitrogens with zero attached hydrogens (tertiary/aromatic N) is 3. The number of nitrogens with one attached hydrogen (secondary N) is 1. The molecule has 0 radical (unpaired) electrons. The van der Waals surface area contributed by atoms with E-state index in [1.54, 1.807) is 18.2 Å². The number of para-hydroxylation sites is 1. The summed E-state index contributed by atoms with van der Waals surface area (Å²) in [6.07, 6.45) is 10.6. The Morgan fingerprint density at radius 2 is 1.97 bits per heavy atom. The minimum atomic E-state index is -0.562. The largest absolute Gasteiger partial charge is 0.454 e. The molecule has 0 bridgehead atoms. The van der Waals surface area contributed by atoms with E-state index in [2.05, 4.69) is 10.3 Å². The lowest BCUT2D eigenvalue weighted by Gasteiger charge is -2.27. The number of hydrogen-bond acceptors (Lipinski definition) is 6.